The van der Waals surface area contributed by atoms with Crippen molar-refractivity contribution in [2.24, 2.45) is 0 Å². The minimum atomic E-state index is -4.38. The van der Waals surface area contributed by atoms with Crippen LogP contribution >= 0.6 is 19.7 Å². The summed E-state index contributed by atoms with van der Waals surface area (Å²) in [6.45, 7) is 0. The normalized spacial score (nSPS) is 8.88. The van der Waals surface area contributed by atoms with E-state index in [0.717, 1.165) is 0 Å². The van der Waals surface area contributed by atoms with Crippen LogP contribution in [0, 0.1) is 0 Å². The van der Waals surface area contributed by atoms with Crippen LogP contribution in [0.5, 0.6) is 0 Å². The van der Waals surface area contributed by atoms with Crippen molar-refractivity contribution >= 4 is 30.7 Å². The standard InChI is InChI=1S/ClH2O4P.Na.H4Si.H/c1-5-6(2,3)4;;;/h(H2,2,3,4);;1H4;/q;+1;;-1. The molecule has 0 saturated carbocycles. The second kappa shape index (κ2) is 6.73. The Bertz CT molecular complexity index is 84.6. The molecule has 0 atom stereocenters. The van der Waals surface area contributed by atoms with Gasteiger partial charge in [0, 0.05) is 0 Å². The summed E-state index contributed by atoms with van der Waals surface area (Å²) in [5.41, 5.74) is 0. The maximum Gasteiger partial charge on any atom is 1.00 e. The fraction of sp³-hybridized carbons (Fsp3) is 0. The van der Waals surface area contributed by atoms with E-state index in [-0.39, 0.29) is 41.9 Å². The van der Waals surface area contributed by atoms with Gasteiger partial charge < -0.3 is 11.2 Å². The van der Waals surface area contributed by atoms with Crippen LogP contribution in [-0.4, -0.2) is 20.8 Å². The summed E-state index contributed by atoms with van der Waals surface area (Å²) in [7, 11) is -4.38. The molecule has 8 heteroatoms. The SMILES string of the molecule is O=P(O)(O)OCl.[H-].[Na+].[SiH4]. The van der Waals surface area contributed by atoms with Gasteiger partial charge >= 0.3 is 37.4 Å². The average Bonchev–Trinajstić information content (AvgIpc) is 1.35. The predicted molar refractivity (Wildman–Crippen MR) is 31.4 cm³/mol. The molecule has 0 spiro atoms. The molecule has 0 heterocycles. The van der Waals surface area contributed by atoms with Gasteiger partial charge in [0.05, 0.1) is 11.9 Å². The Morgan fingerprint density at radius 2 is 1.75 bits per heavy atom. The first-order chi connectivity index (χ1) is 2.56. The van der Waals surface area contributed by atoms with Crippen LogP contribution in [-0.2, 0) is 8.64 Å². The first-order valence-corrected chi connectivity index (χ1v) is 2.76. The van der Waals surface area contributed by atoms with Crippen molar-refractivity contribution in [3.8, 4) is 0 Å². The van der Waals surface area contributed by atoms with E-state index >= 15 is 0 Å². The Kier molecular flexibility index (Phi) is 13.7. The molecule has 0 aromatic heterocycles. The summed E-state index contributed by atoms with van der Waals surface area (Å²) in [4.78, 5) is 15.2. The molecule has 2 N–H and O–H groups in total. The van der Waals surface area contributed by atoms with E-state index in [1.54, 1.807) is 0 Å². The van der Waals surface area contributed by atoms with Gasteiger partial charge in [-0.2, -0.15) is 4.08 Å². The number of hydrogen-bond donors (Lipinski definition) is 2. The van der Waals surface area contributed by atoms with Crippen molar-refractivity contribution in [3.63, 3.8) is 0 Å². The minimum Gasteiger partial charge on any atom is -1.00 e. The van der Waals surface area contributed by atoms with E-state index in [9.17, 15) is 4.57 Å². The van der Waals surface area contributed by atoms with Crippen LogP contribution < -0.4 is 29.6 Å². The molecule has 0 aliphatic rings. The number of rotatable bonds is 1. The molecular weight excluding hydrogens is 181 g/mol. The zero-order chi connectivity index (χ0) is 5.21. The second-order valence-corrected chi connectivity index (χ2v) is 2.09. The van der Waals surface area contributed by atoms with Gasteiger partial charge in [-0.15, -0.1) is 0 Å². The number of halogens is 1. The van der Waals surface area contributed by atoms with Gasteiger partial charge in [0.2, 0.25) is 0 Å². The largest absolute Gasteiger partial charge is 1.00 e. The topological polar surface area (TPSA) is 66.8 Å². The fourth-order valence-electron chi connectivity index (χ4n) is 0. The van der Waals surface area contributed by atoms with Crippen molar-refractivity contribution < 1.29 is 49.4 Å². The summed E-state index contributed by atoms with van der Waals surface area (Å²) >= 11 is 4.21. The van der Waals surface area contributed by atoms with Crippen LogP contribution in [0.2, 0.25) is 0 Å². The molecule has 8 heavy (non-hydrogen) atoms. The van der Waals surface area contributed by atoms with Crippen LogP contribution in [0.25, 0.3) is 0 Å². The predicted octanol–water partition coefficient (Wildman–Crippen LogP) is -4.09. The minimum absolute atomic E-state index is 0. The molecule has 0 saturated heterocycles. The smallest absolute Gasteiger partial charge is 1.00 e. The van der Waals surface area contributed by atoms with Crippen molar-refractivity contribution in [1.82, 2.24) is 0 Å². The Hall–Kier alpha value is 1.62. The summed E-state index contributed by atoms with van der Waals surface area (Å²) < 4.78 is 12.4. The third-order valence-corrected chi connectivity index (χ3v) is 0.809. The average molecular weight is 189 g/mol. The third-order valence-electron chi connectivity index (χ3n) is 0.0899. The second-order valence-electron chi connectivity index (χ2n) is 0.560. The van der Waals surface area contributed by atoms with Gasteiger partial charge in [-0.25, -0.2) is 4.57 Å². The van der Waals surface area contributed by atoms with Gasteiger partial charge in [0.15, 0.2) is 0 Å². The van der Waals surface area contributed by atoms with E-state index in [2.05, 4.69) is 15.9 Å². The Morgan fingerprint density at radius 1 is 1.62 bits per heavy atom. The van der Waals surface area contributed by atoms with Crippen molar-refractivity contribution in [1.29, 1.82) is 0 Å². The van der Waals surface area contributed by atoms with Gasteiger partial charge in [-0.3, -0.25) is 0 Å². The molecule has 0 aromatic rings. The molecule has 0 aliphatic carbocycles. The molecule has 0 rings (SSSR count). The van der Waals surface area contributed by atoms with E-state index in [4.69, 9.17) is 9.79 Å². The van der Waals surface area contributed by atoms with E-state index in [1.165, 1.54) is 0 Å². The van der Waals surface area contributed by atoms with Crippen molar-refractivity contribution in [2.75, 3.05) is 0 Å². The molecule has 0 amide bonds. The van der Waals surface area contributed by atoms with Crippen LogP contribution in [0.15, 0.2) is 0 Å². The molecule has 48 valence electrons. The van der Waals surface area contributed by atoms with Gasteiger partial charge in [-0.1, -0.05) is 0 Å². The summed E-state index contributed by atoms with van der Waals surface area (Å²) in [6, 6.07) is 0. The molecule has 0 aliphatic heterocycles. The maximum absolute atomic E-state index is 9.34. The van der Waals surface area contributed by atoms with Crippen LogP contribution in [0.4, 0.5) is 0 Å². The summed E-state index contributed by atoms with van der Waals surface area (Å²) in [5.74, 6) is 0. The summed E-state index contributed by atoms with van der Waals surface area (Å²) in [5, 5.41) is 0. The van der Waals surface area contributed by atoms with E-state index < -0.39 is 7.82 Å². The molecule has 0 radical (unpaired) electrons. The van der Waals surface area contributed by atoms with Crippen LogP contribution in [0.3, 0.4) is 0 Å². The van der Waals surface area contributed by atoms with Gasteiger partial charge in [0.1, 0.15) is 0 Å². The maximum atomic E-state index is 9.34. The first kappa shape index (κ1) is 16.3. The molecule has 0 aromatic carbocycles. The van der Waals surface area contributed by atoms with Gasteiger partial charge in [-0.05, 0) is 11.0 Å². The molecule has 0 unspecified atom stereocenters. The Balaban J connectivity index is -0.0000000417. The van der Waals surface area contributed by atoms with E-state index in [1.807, 2.05) is 0 Å². The van der Waals surface area contributed by atoms with Gasteiger partial charge in [0.25, 0.3) is 0 Å². The molecule has 4 nitrogen and oxygen atoms in total. The number of hydrogen-bond acceptors (Lipinski definition) is 2. The zero-order valence-electron chi connectivity index (χ0n) is 4.54. The fourth-order valence-corrected chi connectivity index (χ4v) is 0. The quantitative estimate of drug-likeness (QED) is 0.325. The molecule has 0 fully saturated rings. The monoisotopic (exact) mass is 188 g/mol. The van der Waals surface area contributed by atoms with Crippen molar-refractivity contribution in [3.05, 3.63) is 0 Å². The number of phosphoric acid groups is 1. The third kappa shape index (κ3) is 15.6. The molecule has 0 bridgehead atoms. The van der Waals surface area contributed by atoms with E-state index in [0.29, 0.717) is 0 Å². The van der Waals surface area contributed by atoms with Crippen LogP contribution in [0.1, 0.15) is 1.43 Å². The first-order valence-electron chi connectivity index (χ1n) is 0.919. The Labute approximate surface area is 79.8 Å². The summed E-state index contributed by atoms with van der Waals surface area (Å²) in [6.07, 6.45) is 0. The Morgan fingerprint density at radius 3 is 1.75 bits per heavy atom. The van der Waals surface area contributed by atoms with Crippen molar-refractivity contribution in [2.45, 2.75) is 0 Å². The zero-order valence-corrected chi connectivity index (χ0v) is 7.19. The molecular formula is H7ClNaO4PSi.